The van der Waals surface area contributed by atoms with Gasteiger partial charge in [-0.3, -0.25) is 5.10 Å². The minimum Gasteiger partial charge on any atom is -0.378 e. The Labute approximate surface area is 173 Å². The molecule has 132 valence electrons. The molecular weight excluding hydrogens is 483 g/mol. The summed E-state index contributed by atoms with van der Waals surface area (Å²) in [5.74, 6) is 0. The van der Waals surface area contributed by atoms with Crippen molar-refractivity contribution < 1.29 is 4.74 Å². The second kappa shape index (κ2) is 7.56. The second-order valence-corrected chi connectivity index (χ2v) is 8.39. The quantitative estimate of drug-likeness (QED) is 0.531. The zero-order valence-corrected chi connectivity index (χ0v) is 17.4. The summed E-state index contributed by atoms with van der Waals surface area (Å²) in [6.07, 6.45) is 1.73. The van der Waals surface area contributed by atoms with E-state index in [9.17, 15) is 5.26 Å². The Kier molecular flexibility index (Phi) is 5.18. The lowest BCUT2D eigenvalue weighted by Gasteiger charge is -2.27. The summed E-state index contributed by atoms with van der Waals surface area (Å²) in [6, 6.07) is 10.1. The number of nitriles is 1. The van der Waals surface area contributed by atoms with Gasteiger partial charge in [-0.1, -0.05) is 17.7 Å². The molecule has 0 atom stereocenters. The van der Waals surface area contributed by atoms with E-state index in [4.69, 9.17) is 16.3 Å². The van der Waals surface area contributed by atoms with Gasteiger partial charge in [-0.25, -0.2) is 0 Å². The van der Waals surface area contributed by atoms with Gasteiger partial charge in [0.05, 0.1) is 29.3 Å². The Bertz CT molecular complexity index is 974. The Morgan fingerprint density at radius 2 is 2.12 bits per heavy atom. The number of morpholine rings is 1. The number of rotatable bonds is 3. The summed E-state index contributed by atoms with van der Waals surface area (Å²) in [5.41, 5.74) is 3.55. The predicted molar refractivity (Wildman–Crippen MR) is 113 cm³/mol. The van der Waals surface area contributed by atoms with Crippen LogP contribution in [0.1, 0.15) is 5.56 Å². The van der Waals surface area contributed by atoms with Crippen molar-refractivity contribution >= 4 is 50.5 Å². The fourth-order valence-corrected chi connectivity index (χ4v) is 5.47. The maximum absolute atomic E-state index is 9.99. The normalized spacial score (nSPS) is 14.4. The number of ether oxygens (including phenoxy) is 1. The molecule has 8 heteroatoms. The molecule has 0 spiro atoms. The number of nitrogens with one attached hydrogen (secondary N) is 1. The van der Waals surface area contributed by atoms with Crippen LogP contribution in [0.3, 0.4) is 0 Å². The van der Waals surface area contributed by atoms with E-state index in [0.29, 0.717) is 23.8 Å². The van der Waals surface area contributed by atoms with Crippen LogP contribution in [-0.4, -0.2) is 36.5 Å². The first-order valence-electron chi connectivity index (χ1n) is 8.04. The van der Waals surface area contributed by atoms with Crippen LogP contribution in [0.5, 0.6) is 0 Å². The topological polar surface area (TPSA) is 64.9 Å². The molecule has 1 aromatic carbocycles. The van der Waals surface area contributed by atoms with Crippen LogP contribution < -0.4 is 4.90 Å². The number of anilines is 1. The minimum atomic E-state index is 0.677. The zero-order valence-electron chi connectivity index (χ0n) is 13.6. The molecule has 1 fully saturated rings. The van der Waals surface area contributed by atoms with Crippen LogP contribution in [0, 0.1) is 14.9 Å². The number of thiophene rings is 1. The van der Waals surface area contributed by atoms with E-state index in [1.165, 1.54) is 0 Å². The molecule has 1 N–H and O–H groups in total. The van der Waals surface area contributed by atoms with Gasteiger partial charge >= 0.3 is 0 Å². The molecule has 2 aromatic heterocycles. The van der Waals surface area contributed by atoms with Crippen molar-refractivity contribution in [1.82, 2.24) is 10.2 Å². The molecule has 1 aliphatic rings. The summed E-state index contributed by atoms with van der Waals surface area (Å²) in [7, 11) is 0. The highest BCUT2D eigenvalue weighted by molar-refractivity contribution is 14.1. The van der Waals surface area contributed by atoms with Gasteiger partial charge in [0.1, 0.15) is 11.1 Å². The highest BCUT2D eigenvalue weighted by Gasteiger charge is 2.26. The maximum Gasteiger partial charge on any atom is 0.110 e. The molecule has 0 amide bonds. The fraction of sp³-hybridized carbons (Fsp3) is 0.222. The van der Waals surface area contributed by atoms with Gasteiger partial charge in [0.25, 0.3) is 0 Å². The minimum absolute atomic E-state index is 0.677. The lowest BCUT2D eigenvalue weighted by molar-refractivity contribution is 0.123. The van der Waals surface area contributed by atoms with Gasteiger partial charge in [0.2, 0.25) is 0 Å². The zero-order chi connectivity index (χ0) is 18.1. The molecule has 0 aliphatic carbocycles. The van der Waals surface area contributed by atoms with Crippen LogP contribution >= 0.6 is 45.5 Å². The molecule has 0 bridgehead atoms. The van der Waals surface area contributed by atoms with Crippen LogP contribution in [0.2, 0.25) is 5.02 Å². The number of benzene rings is 1. The van der Waals surface area contributed by atoms with Gasteiger partial charge in [0.15, 0.2) is 0 Å². The van der Waals surface area contributed by atoms with Gasteiger partial charge < -0.3 is 9.64 Å². The summed E-state index contributed by atoms with van der Waals surface area (Å²) in [4.78, 5) is 3.25. The van der Waals surface area contributed by atoms with E-state index in [1.54, 1.807) is 17.5 Å². The van der Waals surface area contributed by atoms with Crippen molar-refractivity contribution in [2.45, 2.75) is 0 Å². The number of halogens is 2. The Balaban J connectivity index is 1.95. The second-order valence-electron chi connectivity index (χ2n) is 5.79. The van der Waals surface area contributed by atoms with E-state index in [-0.39, 0.29) is 0 Å². The van der Waals surface area contributed by atoms with Crippen molar-refractivity contribution in [3.8, 4) is 27.8 Å². The Morgan fingerprint density at radius 1 is 1.31 bits per heavy atom. The average Bonchev–Trinajstić information content (AvgIpc) is 3.30. The molecule has 0 saturated carbocycles. The number of H-pyrrole nitrogens is 1. The molecule has 3 aromatic rings. The molecule has 0 radical (unpaired) electrons. The van der Waals surface area contributed by atoms with Crippen LogP contribution in [0.15, 0.2) is 30.5 Å². The van der Waals surface area contributed by atoms with Crippen molar-refractivity contribution in [1.29, 1.82) is 5.26 Å². The molecule has 1 aliphatic heterocycles. The summed E-state index contributed by atoms with van der Waals surface area (Å²) in [5, 5.41) is 18.8. The molecule has 0 unspecified atom stereocenters. The average molecular weight is 497 g/mol. The third-order valence-corrected chi connectivity index (χ3v) is 6.66. The fourth-order valence-electron chi connectivity index (χ4n) is 3.03. The van der Waals surface area contributed by atoms with E-state index < -0.39 is 0 Å². The highest BCUT2D eigenvalue weighted by atomic mass is 127. The molecule has 26 heavy (non-hydrogen) atoms. The van der Waals surface area contributed by atoms with E-state index in [0.717, 1.165) is 43.4 Å². The summed E-state index contributed by atoms with van der Waals surface area (Å²) < 4.78 is 6.48. The van der Waals surface area contributed by atoms with Gasteiger partial charge in [-0.15, -0.1) is 11.3 Å². The smallest absolute Gasteiger partial charge is 0.110 e. The van der Waals surface area contributed by atoms with Crippen LogP contribution in [0.25, 0.3) is 21.7 Å². The maximum atomic E-state index is 9.99. The molecule has 4 rings (SSSR count). The number of hydrogen-bond acceptors (Lipinski definition) is 5. The predicted octanol–water partition coefficient (Wildman–Crippen LogP) is 4.77. The number of hydrogen-bond donors (Lipinski definition) is 1. The largest absolute Gasteiger partial charge is 0.378 e. The first-order valence-corrected chi connectivity index (χ1v) is 10.3. The van der Waals surface area contributed by atoms with Crippen LogP contribution in [-0.2, 0) is 4.74 Å². The monoisotopic (exact) mass is 496 g/mol. The van der Waals surface area contributed by atoms with E-state index in [1.807, 2.05) is 24.3 Å². The molecule has 3 heterocycles. The summed E-state index contributed by atoms with van der Waals surface area (Å²) in [6.45, 7) is 2.93. The first kappa shape index (κ1) is 17.8. The Hall–Kier alpha value is -1.60. The molecule has 5 nitrogen and oxygen atoms in total. The lowest BCUT2D eigenvalue weighted by Crippen LogP contribution is -2.36. The van der Waals surface area contributed by atoms with Crippen molar-refractivity contribution in [3.05, 3.63) is 44.6 Å². The standard InChI is InChI=1S/C18H14ClIN4OS/c19-11-1-2-12(14(20)9-11)16-13(10-21)18(24-5-7-25-8-6-24)26-17(16)15-3-4-22-23-15/h1-4,9H,5-8H2,(H,22,23). The number of nitrogens with zero attached hydrogens (tertiary/aromatic N) is 3. The molecule has 1 saturated heterocycles. The lowest BCUT2D eigenvalue weighted by atomic mass is 10.0. The Morgan fingerprint density at radius 3 is 2.77 bits per heavy atom. The first-order chi connectivity index (χ1) is 12.7. The van der Waals surface area contributed by atoms with Gasteiger partial charge in [-0.05, 0) is 46.4 Å². The highest BCUT2D eigenvalue weighted by Crippen LogP contribution is 2.48. The van der Waals surface area contributed by atoms with Crippen LogP contribution in [0.4, 0.5) is 5.00 Å². The van der Waals surface area contributed by atoms with E-state index in [2.05, 4.69) is 43.8 Å². The molecular formula is C18H14ClIN4OS. The van der Waals surface area contributed by atoms with Gasteiger partial charge in [0, 0.05) is 33.4 Å². The van der Waals surface area contributed by atoms with Crippen molar-refractivity contribution in [2.75, 3.05) is 31.2 Å². The van der Waals surface area contributed by atoms with E-state index >= 15 is 0 Å². The number of aromatic amines is 1. The SMILES string of the molecule is N#Cc1c(N2CCOCC2)sc(-c2ccn[nH]2)c1-c1ccc(Cl)cc1I. The number of aromatic nitrogens is 2. The van der Waals surface area contributed by atoms with Crippen molar-refractivity contribution in [3.63, 3.8) is 0 Å². The third-order valence-electron chi connectivity index (χ3n) is 4.25. The summed E-state index contributed by atoms with van der Waals surface area (Å²) >= 11 is 10.0. The van der Waals surface area contributed by atoms with Crippen molar-refractivity contribution in [2.24, 2.45) is 0 Å². The van der Waals surface area contributed by atoms with Gasteiger partial charge in [-0.2, -0.15) is 10.4 Å². The third kappa shape index (κ3) is 3.22.